The summed E-state index contributed by atoms with van der Waals surface area (Å²) in [4.78, 5) is 72.4. The first kappa shape index (κ1) is 86.5. The SMILES string of the molecule is CCCCCC/C=C\C=C/CCCCCCCC(=O)O[C@H](COC(=O)CCCCCCCCCCCCCC(C)C)COP(=O)(O)OC[C@@H](O)COP(=O)(O)OC[C@@H](COC(=O)CCCCCCCCC)OC(=O)CCCCCCCCCCCCC(C)C. The molecule has 0 fully saturated rings. The Labute approximate surface area is 542 Å². The molecule has 17 nitrogen and oxygen atoms in total. The van der Waals surface area contributed by atoms with E-state index in [0.717, 1.165) is 127 Å². The minimum absolute atomic E-state index is 0.0847. The molecule has 0 aliphatic heterocycles. The zero-order valence-corrected chi connectivity index (χ0v) is 59.0. The monoisotopic (exact) mass is 1310 g/mol. The summed E-state index contributed by atoms with van der Waals surface area (Å²) in [5.74, 6) is -0.640. The van der Waals surface area contributed by atoms with Crippen molar-refractivity contribution in [1.29, 1.82) is 0 Å². The topological polar surface area (TPSA) is 237 Å². The zero-order valence-electron chi connectivity index (χ0n) is 57.2. The van der Waals surface area contributed by atoms with Crippen molar-refractivity contribution in [2.75, 3.05) is 39.6 Å². The van der Waals surface area contributed by atoms with Crippen molar-refractivity contribution in [3.63, 3.8) is 0 Å². The number of phosphoric ester groups is 2. The number of unbranched alkanes of at least 4 members (excludes halogenated alkanes) is 34. The Kier molecular flexibility index (Phi) is 60.0. The highest BCUT2D eigenvalue weighted by Gasteiger charge is 2.30. The maximum atomic E-state index is 13.0. The molecule has 2 unspecified atom stereocenters. The molecule has 19 heteroatoms. The second-order valence-corrected chi connectivity index (χ2v) is 28.4. The number of aliphatic hydroxyl groups excluding tert-OH is 1. The van der Waals surface area contributed by atoms with Gasteiger partial charge in [0.05, 0.1) is 26.4 Å². The van der Waals surface area contributed by atoms with Crippen LogP contribution in [0.25, 0.3) is 0 Å². The highest BCUT2D eigenvalue weighted by atomic mass is 31.2. The molecule has 524 valence electrons. The first-order chi connectivity index (χ1) is 42.9. The van der Waals surface area contributed by atoms with Crippen LogP contribution in [-0.4, -0.2) is 96.7 Å². The number of carbonyl (C=O) groups is 4. The molecular weight excluding hydrogens is 1170 g/mol. The standard InChI is InChI=1S/C70H132O17P2/c1-7-9-11-13-15-16-17-18-19-20-23-30-36-42-48-54-69(74)87-66(59-81-68(73)53-47-41-35-29-24-21-22-27-33-38-44-50-62(3)4)61-85-89(78,79)83-57-64(71)56-82-88(76,77)84-60-65(58-80-67(72)52-46-40-32-14-12-10-8-2)86-70(75)55-49-43-37-31-26-25-28-34-39-45-51-63(5)6/h16-19,62-66,71H,7-15,20-61H2,1-6H3,(H,76,77)(H,78,79)/b17-16-,19-18-/t64-,65+,66+/m0/s1. The third-order valence-corrected chi connectivity index (χ3v) is 17.5. The number of esters is 4. The molecule has 0 heterocycles. The van der Waals surface area contributed by atoms with E-state index in [1.165, 1.54) is 122 Å². The number of carbonyl (C=O) groups excluding carboxylic acids is 4. The van der Waals surface area contributed by atoms with E-state index in [0.29, 0.717) is 25.7 Å². The second-order valence-electron chi connectivity index (χ2n) is 25.5. The van der Waals surface area contributed by atoms with Gasteiger partial charge in [0.25, 0.3) is 0 Å². The van der Waals surface area contributed by atoms with E-state index in [1.807, 2.05) is 0 Å². The Bertz CT molecular complexity index is 1830. The molecule has 5 atom stereocenters. The Morgan fingerprint density at radius 3 is 0.921 bits per heavy atom. The number of allylic oxidation sites excluding steroid dienone is 4. The van der Waals surface area contributed by atoms with Gasteiger partial charge in [-0.05, 0) is 63.2 Å². The Morgan fingerprint density at radius 1 is 0.348 bits per heavy atom. The summed E-state index contributed by atoms with van der Waals surface area (Å²) >= 11 is 0. The molecule has 0 saturated heterocycles. The van der Waals surface area contributed by atoms with E-state index < -0.39 is 97.5 Å². The lowest BCUT2D eigenvalue weighted by atomic mass is 10.0. The van der Waals surface area contributed by atoms with Gasteiger partial charge in [-0.2, -0.15) is 0 Å². The molecule has 0 aromatic heterocycles. The Hall–Kier alpha value is -2.46. The fourth-order valence-electron chi connectivity index (χ4n) is 10.1. The fourth-order valence-corrected chi connectivity index (χ4v) is 11.6. The molecule has 89 heavy (non-hydrogen) atoms. The van der Waals surface area contributed by atoms with Crippen LogP contribution in [0.15, 0.2) is 24.3 Å². The molecule has 0 saturated carbocycles. The van der Waals surface area contributed by atoms with Crippen molar-refractivity contribution in [3.8, 4) is 0 Å². The number of aliphatic hydroxyl groups is 1. The largest absolute Gasteiger partial charge is 0.472 e. The molecule has 0 aromatic carbocycles. The van der Waals surface area contributed by atoms with E-state index in [-0.39, 0.29) is 25.7 Å². The molecule has 0 amide bonds. The summed E-state index contributed by atoms with van der Waals surface area (Å²) < 4.78 is 68.1. The van der Waals surface area contributed by atoms with E-state index in [9.17, 15) is 43.2 Å². The van der Waals surface area contributed by atoms with Gasteiger partial charge in [-0.25, -0.2) is 9.13 Å². The summed E-state index contributed by atoms with van der Waals surface area (Å²) in [7, 11) is -9.91. The zero-order chi connectivity index (χ0) is 65.7. The number of rotatable bonds is 67. The van der Waals surface area contributed by atoms with Crippen LogP contribution in [0.4, 0.5) is 0 Å². The molecule has 0 rings (SSSR count). The normalized spacial score (nSPS) is 14.3. The Morgan fingerprint density at radius 2 is 0.607 bits per heavy atom. The van der Waals surface area contributed by atoms with Crippen molar-refractivity contribution in [2.24, 2.45) is 11.8 Å². The number of phosphoric acid groups is 2. The van der Waals surface area contributed by atoms with Crippen LogP contribution in [0.3, 0.4) is 0 Å². The fraction of sp³-hybridized carbons (Fsp3) is 0.886. The molecular formula is C70H132O17P2. The smallest absolute Gasteiger partial charge is 0.462 e. The van der Waals surface area contributed by atoms with Gasteiger partial charge in [0.2, 0.25) is 0 Å². The minimum atomic E-state index is -4.96. The summed E-state index contributed by atoms with van der Waals surface area (Å²) in [6, 6.07) is 0. The van der Waals surface area contributed by atoms with Gasteiger partial charge in [0.1, 0.15) is 19.3 Å². The lowest BCUT2D eigenvalue weighted by molar-refractivity contribution is -0.161. The van der Waals surface area contributed by atoms with Crippen LogP contribution < -0.4 is 0 Å². The number of hydrogen-bond donors (Lipinski definition) is 3. The van der Waals surface area contributed by atoms with Crippen LogP contribution in [0.1, 0.15) is 330 Å². The van der Waals surface area contributed by atoms with E-state index >= 15 is 0 Å². The number of hydrogen-bond acceptors (Lipinski definition) is 15. The van der Waals surface area contributed by atoms with Crippen molar-refractivity contribution in [1.82, 2.24) is 0 Å². The molecule has 0 radical (unpaired) electrons. The van der Waals surface area contributed by atoms with Gasteiger partial charge in [-0.1, -0.05) is 278 Å². The predicted octanol–water partition coefficient (Wildman–Crippen LogP) is 19.5. The van der Waals surface area contributed by atoms with Gasteiger partial charge in [0, 0.05) is 25.7 Å². The van der Waals surface area contributed by atoms with Crippen molar-refractivity contribution in [3.05, 3.63) is 24.3 Å². The van der Waals surface area contributed by atoms with E-state index in [1.54, 1.807) is 0 Å². The summed E-state index contributed by atoms with van der Waals surface area (Å²) in [5, 5.41) is 10.6. The number of ether oxygens (including phenoxy) is 4. The van der Waals surface area contributed by atoms with Crippen LogP contribution in [-0.2, 0) is 65.4 Å². The summed E-state index contributed by atoms with van der Waals surface area (Å²) in [5.41, 5.74) is 0. The maximum absolute atomic E-state index is 13.0. The van der Waals surface area contributed by atoms with Gasteiger partial charge < -0.3 is 33.8 Å². The second kappa shape index (κ2) is 61.7. The molecule has 0 aliphatic carbocycles. The van der Waals surface area contributed by atoms with Crippen molar-refractivity contribution in [2.45, 2.75) is 349 Å². The lowest BCUT2D eigenvalue weighted by Crippen LogP contribution is -2.30. The molecule has 3 N–H and O–H groups in total. The summed E-state index contributed by atoms with van der Waals surface area (Å²) in [6.45, 7) is 9.43. The molecule has 0 aromatic rings. The lowest BCUT2D eigenvalue weighted by Gasteiger charge is -2.21. The first-order valence-corrected chi connectivity index (χ1v) is 38.8. The van der Waals surface area contributed by atoms with Gasteiger partial charge in [-0.3, -0.25) is 37.3 Å². The highest BCUT2D eigenvalue weighted by Crippen LogP contribution is 2.45. The highest BCUT2D eigenvalue weighted by molar-refractivity contribution is 7.47. The van der Waals surface area contributed by atoms with Gasteiger partial charge >= 0.3 is 39.5 Å². The van der Waals surface area contributed by atoms with Crippen LogP contribution in [0.5, 0.6) is 0 Å². The van der Waals surface area contributed by atoms with Crippen LogP contribution >= 0.6 is 15.6 Å². The van der Waals surface area contributed by atoms with E-state index in [4.69, 9.17) is 37.0 Å². The van der Waals surface area contributed by atoms with Gasteiger partial charge in [-0.15, -0.1) is 0 Å². The molecule has 0 aliphatic rings. The first-order valence-electron chi connectivity index (χ1n) is 35.8. The minimum Gasteiger partial charge on any atom is -0.462 e. The predicted molar refractivity (Wildman–Crippen MR) is 358 cm³/mol. The average molecular weight is 1310 g/mol. The van der Waals surface area contributed by atoms with Crippen LogP contribution in [0, 0.1) is 11.8 Å². The third-order valence-electron chi connectivity index (χ3n) is 15.6. The quantitative estimate of drug-likeness (QED) is 0.0169. The molecule has 0 spiro atoms. The van der Waals surface area contributed by atoms with Crippen molar-refractivity contribution >= 4 is 39.5 Å². The van der Waals surface area contributed by atoms with Crippen LogP contribution in [0.2, 0.25) is 0 Å². The Balaban J connectivity index is 5.25. The average Bonchev–Trinajstić information content (AvgIpc) is 3.52. The van der Waals surface area contributed by atoms with E-state index in [2.05, 4.69) is 65.8 Å². The maximum Gasteiger partial charge on any atom is 0.472 e. The summed E-state index contributed by atoms with van der Waals surface area (Å²) in [6.07, 6.45) is 49.5. The van der Waals surface area contributed by atoms with Gasteiger partial charge in [0.15, 0.2) is 12.2 Å². The molecule has 0 bridgehead atoms. The third kappa shape index (κ3) is 64.1. The van der Waals surface area contributed by atoms with Crippen molar-refractivity contribution < 1.29 is 80.2 Å².